The number of aromatic hydroxyl groups is 1. The lowest BCUT2D eigenvalue weighted by Gasteiger charge is -2.35. The Morgan fingerprint density at radius 1 is 0.735 bits per heavy atom. The van der Waals surface area contributed by atoms with Crippen LogP contribution < -0.4 is 52.0 Å². The number of methoxy groups -OCH3 is 1. The predicted molar refractivity (Wildman–Crippen MR) is 372 cm³/mol. The number of phenolic OH excluding ortho intramolecular Hbond substituents is 1. The number of nitrogens with one attached hydrogen (secondary N) is 6. The van der Waals surface area contributed by atoms with Gasteiger partial charge in [-0.15, -0.1) is 0 Å². The van der Waals surface area contributed by atoms with Gasteiger partial charge < -0.3 is 97.6 Å². The molecule has 10 rings (SSSR count). The van der Waals surface area contributed by atoms with Gasteiger partial charge in [0, 0.05) is 95.2 Å². The second-order valence-corrected chi connectivity index (χ2v) is 26.6. The molecule has 546 valence electrons. The smallest absolute Gasteiger partial charge is 0.252 e. The summed E-state index contributed by atoms with van der Waals surface area (Å²) >= 11 is 0. The lowest BCUT2D eigenvalue weighted by atomic mass is 9.91. The van der Waals surface area contributed by atoms with Gasteiger partial charge in [0.15, 0.2) is 17.3 Å². The number of ether oxygens (including phenoxy) is 2. The van der Waals surface area contributed by atoms with E-state index >= 15 is 4.79 Å². The van der Waals surface area contributed by atoms with Crippen LogP contribution in [0.25, 0.3) is 28.1 Å². The summed E-state index contributed by atoms with van der Waals surface area (Å²) in [6, 6.07) is 13.5. The second-order valence-electron chi connectivity index (χ2n) is 26.6. The van der Waals surface area contributed by atoms with Crippen LogP contribution >= 0.6 is 0 Å². The van der Waals surface area contributed by atoms with Crippen molar-refractivity contribution in [3.8, 4) is 39.8 Å². The van der Waals surface area contributed by atoms with E-state index in [2.05, 4.69) is 53.8 Å². The van der Waals surface area contributed by atoms with Crippen LogP contribution in [0.2, 0.25) is 0 Å². The Morgan fingerprint density at radius 3 is 2.07 bits per heavy atom. The first-order chi connectivity index (χ1) is 48.9. The first kappa shape index (κ1) is 75.0. The van der Waals surface area contributed by atoms with E-state index in [1.165, 1.54) is 37.8 Å². The van der Waals surface area contributed by atoms with Crippen LogP contribution in [-0.2, 0) is 46.4 Å². The van der Waals surface area contributed by atoms with Gasteiger partial charge in [-0.25, -0.2) is 9.97 Å². The lowest BCUT2D eigenvalue weighted by molar-refractivity contribution is -0.147. The van der Waals surface area contributed by atoms with E-state index in [4.69, 9.17) is 25.2 Å². The Morgan fingerprint density at radius 2 is 1.40 bits per heavy atom. The number of hydrogen-bond donors (Lipinski definition) is 14. The molecule has 6 heterocycles. The molecule has 30 heteroatoms. The molecule has 4 aromatic carbocycles. The van der Waals surface area contributed by atoms with Crippen molar-refractivity contribution in [1.29, 1.82) is 0 Å². The third-order valence-electron chi connectivity index (χ3n) is 19.3. The molecule has 0 bridgehead atoms. The number of piperazine rings is 1. The van der Waals surface area contributed by atoms with E-state index in [0.29, 0.717) is 37.5 Å². The van der Waals surface area contributed by atoms with Gasteiger partial charge in [0.2, 0.25) is 41.4 Å². The minimum atomic E-state index is -2.18. The van der Waals surface area contributed by atoms with Crippen LogP contribution in [0.15, 0.2) is 103 Å². The van der Waals surface area contributed by atoms with Crippen molar-refractivity contribution in [3.63, 3.8) is 0 Å². The molecule has 0 spiro atoms. The summed E-state index contributed by atoms with van der Waals surface area (Å²) in [5.41, 5.74) is 11.6. The van der Waals surface area contributed by atoms with E-state index < -0.39 is 165 Å². The van der Waals surface area contributed by atoms with E-state index in [0.717, 1.165) is 89.6 Å². The minimum absolute atomic E-state index is 0.0369. The number of hydrogen-bond acceptors (Lipinski definition) is 22. The molecule has 8 amide bonds. The van der Waals surface area contributed by atoms with Gasteiger partial charge in [-0.2, -0.15) is 0 Å². The van der Waals surface area contributed by atoms with Crippen LogP contribution in [0.1, 0.15) is 73.5 Å². The fourth-order valence-electron chi connectivity index (χ4n) is 13.6. The molecule has 5 aliphatic heterocycles. The standard InChI is InChI=1S/C72H91N13O17/c1-5-102-50-14-6-41(7-15-50)20-23-82-24-26-83(27-25-82)47-34-75-65(76-35-47)45-11-9-43(10-12-45)46-13-16-51(52(30-46)44-18-21-74-22-19-44)66(94)78-53-31-48(87)36-77-70(98)63-64(93)39(2)37-85(63)72(100)62(57(91)33-59(73)92)81-69(97)61(56(90)28-42-8-17-55(89)58(29-42)101-4)80-68(96)54-32-49(88)38-84(54)71(99)60(40(3)86)79-67(53)95/h6-18,29-30,34-35,39-40,48-49,53-54,56-57,60-64,74,86-91,93H,5,19-28,31-33,36-38H2,1-4H3,(H2,73,92)(H,77,98)(H,78,94)(H,79,95)(H,80,96)(H,81,97)/t39-,40+,48+,49+,53-,54-,56+,57+,60-,61-,62-,63-,64-/m0/s1. The number of anilines is 1. The number of carbonyl (C=O) groups is 8. The highest BCUT2D eigenvalue weighted by molar-refractivity contribution is 6.03. The summed E-state index contributed by atoms with van der Waals surface area (Å²) in [4.78, 5) is 132. The van der Waals surface area contributed by atoms with Crippen LogP contribution in [0, 0.1) is 5.92 Å². The zero-order valence-corrected chi connectivity index (χ0v) is 57.3. The summed E-state index contributed by atoms with van der Waals surface area (Å²) in [6.07, 6.45) is -6.19. The van der Waals surface area contributed by atoms with Crippen LogP contribution in [0.3, 0.4) is 0 Å². The average Bonchev–Trinajstić information content (AvgIpc) is 1.55. The van der Waals surface area contributed by atoms with E-state index in [-0.39, 0.29) is 29.2 Å². The maximum Gasteiger partial charge on any atom is 0.252 e. The highest BCUT2D eigenvalue weighted by Crippen LogP contribution is 2.33. The summed E-state index contributed by atoms with van der Waals surface area (Å²) in [5.74, 6) is -8.85. The normalized spacial score (nSPS) is 25.3. The number of β-amino-alcohol motifs (C(OH)–C–C–N with tert-alkyl or cyclic N) is 1. The molecule has 102 heavy (non-hydrogen) atoms. The Balaban J connectivity index is 0.904. The molecule has 0 radical (unpaired) electrons. The summed E-state index contributed by atoms with van der Waals surface area (Å²) in [7, 11) is 1.26. The van der Waals surface area contributed by atoms with Crippen LogP contribution in [0.5, 0.6) is 17.2 Å². The lowest BCUT2D eigenvalue weighted by Crippen LogP contribution is -2.64. The van der Waals surface area contributed by atoms with E-state index in [9.17, 15) is 69.3 Å². The predicted octanol–water partition coefficient (Wildman–Crippen LogP) is -1.51. The van der Waals surface area contributed by atoms with Crippen molar-refractivity contribution in [1.82, 2.24) is 56.6 Å². The first-order valence-corrected chi connectivity index (χ1v) is 34.4. The van der Waals surface area contributed by atoms with Gasteiger partial charge in [0.05, 0.1) is 74.8 Å². The molecular formula is C72H91N13O17. The van der Waals surface area contributed by atoms with Gasteiger partial charge in [0.1, 0.15) is 42.0 Å². The fourth-order valence-corrected chi connectivity index (χ4v) is 13.6. The number of aromatic nitrogens is 2. The molecule has 15 N–H and O–H groups in total. The minimum Gasteiger partial charge on any atom is -0.504 e. The Bertz CT molecular complexity index is 3860. The summed E-state index contributed by atoms with van der Waals surface area (Å²) < 4.78 is 10.8. The largest absolute Gasteiger partial charge is 0.504 e. The number of nitrogens with zero attached hydrogens (tertiary/aromatic N) is 6. The Hall–Kier alpha value is -9.66. The molecule has 0 unspecified atom stereocenters. The number of benzene rings is 4. The molecule has 4 fully saturated rings. The van der Waals surface area contributed by atoms with Crippen LogP contribution in [-0.4, -0.2) is 260 Å². The molecule has 1 aromatic heterocycles. The quantitative estimate of drug-likeness (QED) is 0.0447. The monoisotopic (exact) mass is 1410 g/mol. The second kappa shape index (κ2) is 33.9. The number of rotatable bonds is 19. The van der Waals surface area contributed by atoms with Crippen molar-refractivity contribution in [2.75, 3.05) is 84.1 Å². The molecule has 5 aliphatic rings. The Labute approximate surface area is 589 Å². The molecular weight excluding hydrogens is 1320 g/mol. The fraction of sp³-hybridized carbons (Fsp3) is 0.472. The third-order valence-corrected chi connectivity index (χ3v) is 19.3. The van der Waals surface area contributed by atoms with Gasteiger partial charge in [0.25, 0.3) is 5.91 Å². The maximum absolute atomic E-state index is 15.0. The topological polar surface area (TPSA) is 434 Å². The SMILES string of the molecule is CCOc1ccc(CCN2CCN(c3cnc(-c4ccc(-c5ccc(C(=O)N[C@H]6C[C@@H](O)CNC(=O)[C@@H]7[C@@H](O)[C@@H](C)CN7C(=O)[C@H]([C@H](O)CC(N)=O)NC(=O)[C@H]([C@H](O)Cc7ccc(O)c(OC)c7)NC(=O)[C@@H]7C[C@@H](O)CN7C(=O)[C@H]([C@@H](C)O)NC6=O)c(C6=CCNCC6)c5)cc4)nc3)CC2)cc1. The molecule has 0 saturated carbocycles. The van der Waals surface area contributed by atoms with Crippen molar-refractivity contribution in [3.05, 3.63) is 126 Å². The number of nitrogens with two attached hydrogens (primary N) is 1. The third kappa shape index (κ3) is 18.1. The average molecular weight is 1410 g/mol. The van der Waals surface area contributed by atoms with Gasteiger partial charge in [-0.05, 0) is 103 Å². The zero-order chi connectivity index (χ0) is 73.1. The number of carbonyl (C=O) groups excluding carboxylic acids is 8. The highest BCUT2D eigenvalue weighted by Gasteiger charge is 2.50. The summed E-state index contributed by atoms with van der Waals surface area (Å²) in [6.45, 7) is 9.07. The number of fused-ring (bicyclic) bond motifs is 2. The molecule has 4 saturated heterocycles. The van der Waals surface area contributed by atoms with Crippen molar-refractivity contribution < 1.29 is 83.6 Å². The number of aliphatic hydroxyl groups excluding tert-OH is 6. The van der Waals surface area contributed by atoms with E-state index in [1.807, 2.05) is 67.9 Å². The number of phenols is 1. The molecule has 13 atom stereocenters. The maximum atomic E-state index is 15.0. The highest BCUT2D eigenvalue weighted by atomic mass is 16.5. The van der Waals surface area contributed by atoms with Crippen molar-refractivity contribution in [2.24, 2.45) is 11.7 Å². The van der Waals surface area contributed by atoms with Crippen LogP contribution in [0.4, 0.5) is 5.69 Å². The van der Waals surface area contributed by atoms with Crippen molar-refractivity contribution >= 4 is 58.5 Å². The van der Waals surface area contributed by atoms with Gasteiger partial charge in [-0.1, -0.05) is 61.5 Å². The Kier molecular flexibility index (Phi) is 24.9. The number of aliphatic hydroxyl groups is 6. The number of primary amides is 1. The van der Waals surface area contributed by atoms with Gasteiger partial charge in [-0.3, -0.25) is 43.3 Å². The van der Waals surface area contributed by atoms with Crippen molar-refractivity contribution in [2.45, 2.75) is 132 Å². The number of amides is 8. The molecule has 0 aliphatic carbocycles. The first-order valence-electron chi connectivity index (χ1n) is 34.4. The zero-order valence-electron chi connectivity index (χ0n) is 57.3. The molecule has 30 nitrogen and oxygen atoms in total. The molecule has 5 aromatic rings. The van der Waals surface area contributed by atoms with Gasteiger partial charge >= 0.3 is 0 Å². The van der Waals surface area contributed by atoms with E-state index in [1.54, 1.807) is 12.1 Å². The summed E-state index contributed by atoms with van der Waals surface area (Å²) in [5, 5.41) is 95.2.